The maximum absolute atomic E-state index is 10.8. The van der Waals surface area contributed by atoms with Crippen LogP contribution in [0, 0.1) is 0 Å². The number of nitrogens with zero attached hydrogens (tertiary/aromatic N) is 1. The summed E-state index contributed by atoms with van der Waals surface area (Å²) in [6.07, 6.45) is 3.27. The quantitative estimate of drug-likeness (QED) is 0.369. The molecular formula is C20H20Cl2N4O4. The third-order valence-corrected chi connectivity index (χ3v) is 4.52. The van der Waals surface area contributed by atoms with Gasteiger partial charge in [-0.1, -0.05) is 47.5 Å². The SMILES string of the molecule is NC(Cc1cnc[nH]1)C(=O)O.O=C(O)Cc1ccccc1Nc1c(Cl)cccc1Cl. The number of halogens is 2. The van der Waals surface area contributed by atoms with E-state index < -0.39 is 18.0 Å². The number of rotatable bonds is 7. The predicted molar refractivity (Wildman–Crippen MR) is 115 cm³/mol. The van der Waals surface area contributed by atoms with Crippen molar-refractivity contribution < 1.29 is 19.8 Å². The second-order valence-corrected chi connectivity index (χ2v) is 6.99. The number of nitrogens with one attached hydrogen (secondary N) is 2. The lowest BCUT2D eigenvalue weighted by molar-refractivity contribution is -0.138. The van der Waals surface area contributed by atoms with Gasteiger partial charge in [0.2, 0.25) is 0 Å². The zero-order valence-electron chi connectivity index (χ0n) is 15.7. The van der Waals surface area contributed by atoms with Gasteiger partial charge in [-0.3, -0.25) is 9.59 Å². The number of anilines is 2. The highest BCUT2D eigenvalue weighted by molar-refractivity contribution is 6.39. The van der Waals surface area contributed by atoms with Crippen molar-refractivity contribution in [2.24, 2.45) is 5.73 Å². The Morgan fingerprint density at radius 3 is 2.33 bits per heavy atom. The van der Waals surface area contributed by atoms with Crippen molar-refractivity contribution in [3.63, 3.8) is 0 Å². The lowest BCUT2D eigenvalue weighted by Crippen LogP contribution is -2.32. The standard InChI is InChI=1S/C14H11Cl2NO2.C6H9N3O2/c15-10-5-3-6-11(16)14(10)17-12-7-2-1-4-9(12)8-13(18)19;7-5(6(10)11)1-4-2-8-3-9-4/h1-7,17H,8H2,(H,18,19);2-3,5H,1,7H2,(H,8,9)(H,10,11). The van der Waals surface area contributed by atoms with Gasteiger partial charge >= 0.3 is 11.9 Å². The lowest BCUT2D eigenvalue weighted by atomic mass is 10.1. The fraction of sp³-hybridized carbons (Fsp3) is 0.150. The molecule has 0 aliphatic carbocycles. The minimum Gasteiger partial charge on any atom is -0.481 e. The average Bonchev–Trinajstić information content (AvgIpc) is 3.19. The van der Waals surface area contributed by atoms with Crippen molar-refractivity contribution in [1.29, 1.82) is 0 Å². The first-order valence-corrected chi connectivity index (χ1v) is 9.50. The number of benzene rings is 2. The highest BCUT2D eigenvalue weighted by Gasteiger charge is 2.12. The number of hydrogen-bond acceptors (Lipinski definition) is 5. The highest BCUT2D eigenvalue weighted by Crippen LogP contribution is 2.33. The molecule has 10 heteroatoms. The number of carbonyl (C=O) groups is 2. The normalized spacial score (nSPS) is 11.2. The molecule has 0 aliphatic rings. The molecule has 3 rings (SSSR count). The Morgan fingerprint density at radius 1 is 1.10 bits per heavy atom. The summed E-state index contributed by atoms with van der Waals surface area (Å²) in [5.41, 5.74) is 7.92. The van der Waals surface area contributed by atoms with E-state index in [9.17, 15) is 9.59 Å². The Morgan fingerprint density at radius 2 is 1.77 bits per heavy atom. The van der Waals surface area contributed by atoms with E-state index in [-0.39, 0.29) is 12.8 Å². The minimum absolute atomic E-state index is 0.0642. The van der Waals surface area contributed by atoms with Gasteiger partial charge in [-0.05, 0) is 23.8 Å². The molecule has 1 heterocycles. The molecule has 0 aliphatic heterocycles. The van der Waals surface area contributed by atoms with Crippen LogP contribution in [0.2, 0.25) is 10.0 Å². The first-order valence-electron chi connectivity index (χ1n) is 8.74. The Labute approximate surface area is 182 Å². The Balaban J connectivity index is 0.000000248. The molecule has 0 spiro atoms. The van der Waals surface area contributed by atoms with Crippen molar-refractivity contribution in [1.82, 2.24) is 9.97 Å². The van der Waals surface area contributed by atoms with Crippen LogP contribution in [0.5, 0.6) is 0 Å². The van der Waals surface area contributed by atoms with Crippen LogP contribution < -0.4 is 11.1 Å². The highest BCUT2D eigenvalue weighted by atomic mass is 35.5. The van der Waals surface area contributed by atoms with Gasteiger partial charge in [-0.25, -0.2) is 4.98 Å². The monoisotopic (exact) mass is 450 g/mol. The summed E-state index contributed by atoms with van der Waals surface area (Å²) in [5, 5.41) is 21.4. The fourth-order valence-electron chi connectivity index (χ4n) is 2.43. The van der Waals surface area contributed by atoms with E-state index >= 15 is 0 Å². The molecule has 0 saturated heterocycles. The van der Waals surface area contributed by atoms with Crippen molar-refractivity contribution in [2.75, 3.05) is 5.32 Å². The fourth-order valence-corrected chi connectivity index (χ4v) is 2.92. The van der Waals surface area contributed by atoms with Gasteiger partial charge in [-0.2, -0.15) is 0 Å². The second-order valence-electron chi connectivity index (χ2n) is 6.18. The van der Waals surface area contributed by atoms with Crippen LogP contribution in [0.25, 0.3) is 0 Å². The third kappa shape index (κ3) is 7.07. The number of para-hydroxylation sites is 2. The number of hydrogen-bond donors (Lipinski definition) is 5. The average molecular weight is 451 g/mol. The van der Waals surface area contributed by atoms with Gasteiger partial charge in [0.15, 0.2) is 0 Å². The zero-order chi connectivity index (χ0) is 22.1. The number of carboxylic acid groups (broad SMARTS) is 2. The van der Waals surface area contributed by atoms with Crippen LogP contribution in [0.4, 0.5) is 11.4 Å². The molecule has 0 amide bonds. The minimum atomic E-state index is -1.00. The van der Waals surface area contributed by atoms with Crippen LogP contribution in [0.1, 0.15) is 11.3 Å². The van der Waals surface area contributed by atoms with E-state index in [1.165, 1.54) is 6.33 Å². The molecule has 158 valence electrons. The van der Waals surface area contributed by atoms with Crippen molar-refractivity contribution in [3.05, 3.63) is 76.3 Å². The van der Waals surface area contributed by atoms with Crippen molar-refractivity contribution in [2.45, 2.75) is 18.9 Å². The molecule has 0 bridgehead atoms. The number of aromatic amines is 1. The first-order chi connectivity index (χ1) is 14.3. The van der Waals surface area contributed by atoms with E-state index in [1.807, 2.05) is 6.07 Å². The second kappa shape index (κ2) is 11.2. The van der Waals surface area contributed by atoms with E-state index in [0.717, 1.165) is 5.69 Å². The molecular weight excluding hydrogens is 431 g/mol. The number of nitrogens with two attached hydrogens (primary N) is 1. The number of carboxylic acids is 2. The summed E-state index contributed by atoms with van der Waals surface area (Å²) in [6.45, 7) is 0. The van der Waals surface area contributed by atoms with E-state index in [1.54, 1.807) is 42.6 Å². The molecule has 30 heavy (non-hydrogen) atoms. The van der Waals surface area contributed by atoms with Crippen molar-refractivity contribution >= 4 is 46.5 Å². The summed E-state index contributed by atoms with van der Waals surface area (Å²) < 4.78 is 0. The maximum Gasteiger partial charge on any atom is 0.320 e. The van der Waals surface area contributed by atoms with Crippen LogP contribution in [-0.4, -0.2) is 38.2 Å². The van der Waals surface area contributed by atoms with E-state index in [4.69, 9.17) is 39.1 Å². The molecule has 6 N–H and O–H groups in total. The lowest BCUT2D eigenvalue weighted by Gasteiger charge is -2.13. The summed E-state index contributed by atoms with van der Waals surface area (Å²) in [5.74, 6) is -1.89. The molecule has 3 aromatic rings. The number of H-pyrrole nitrogens is 1. The summed E-state index contributed by atoms with van der Waals surface area (Å²) in [7, 11) is 0. The number of imidazole rings is 1. The first kappa shape index (κ1) is 23.2. The molecule has 1 atom stereocenters. The summed E-state index contributed by atoms with van der Waals surface area (Å²) in [4.78, 5) is 27.6. The van der Waals surface area contributed by atoms with Gasteiger partial charge in [0.1, 0.15) is 6.04 Å². The molecule has 2 aromatic carbocycles. The molecule has 0 saturated carbocycles. The largest absolute Gasteiger partial charge is 0.481 e. The Kier molecular flexibility index (Phi) is 8.67. The topological polar surface area (TPSA) is 141 Å². The van der Waals surface area contributed by atoms with Gasteiger partial charge in [0.25, 0.3) is 0 Å². The van der Waals surface area contributed by atoms with Gasteiger partial charge in [-0.15, -0.1) is 0 Å². The van der Waals surface area contributed by atoms with Crippen LogP contribution in [-0.2, 0) is 22.4 Å². The number of aromatic nitrogens is 2. The number of aliphatic carboxylic acids is 2. The summed E-state index contributed by atoms with van der Waals surface area (Å²) in [6, 6.07) is 11.5. The molecule has 1 aromatic heterocycles. The molecule has 8 nitrogen and oxygen atoms in total. The van der Waals surface area contributed by atoms with Crippen molar-refractivity contribution in [3.8, 4) is 0 Å². The maximum atomic E-state index is 10.8. The summed E-state index contributed by atoms with van der Waals surface area (Å²) >= 11 is 12.1. The molecule has 1 unspecified atom stereocenters. The van der Waals surface area contributed by atoms with E-state index in [0.29, 0.717) is 27.0 Å². The zero-order valence-corrected chi connectivity index (χ0v) is 17.2. The Bertz CT molecular complexity index is 976. The van der Waals surface area contributed by atoms with Gasteiger partial charge in [0, 0.05) is 24.0 Å². The van der Waals surface area contributed by atoms with Crippen LogP contribution in [0.15, 0.2) is 55.0 Å². The third-order valence-electron chi connectivity index (χ3n) is 3.89. The smallest absolute Gasteiger partial charge is 0.320 e. The van der Waals surface area contributed by atoms with Crippen LogP contribution >= 0.6 is 23.2 Å². The van der Waals surface area contributed by atoms with Crippen LogP contribution in [0.3, 0.4) is 0 Å². The Hall–Kier alpha value is -3.07. The molecule has 0 radical (unpaired) electrons. The predicted octanol–water partition coefficient (Wildman–Crippen LogP) is 3.73. The van der Waals surface area contributed by atoms with E-state index in [2.05, 4.69) is 15.3 Å². The van der Waals surface area contributed by atoms with Gasteiger partial charge < -0.3 is 26.2 Å². The molecule has 0 fully saturated rings. The van der Waals surface area contributed by atoms with Gasteiger partial charge in [0.05, 0.1) is 28.5 Å².